The van der Waals surface area contributed by atoms with Gasteiger partial charge in [-0.05, 0) is 0 Å². The molecule has 2 rings (SSSR count). The summed E-state index contributed by atoms with van der Waals surface area (Å²) < 4.78 is 0. The Hall–Kier alpha value is -1.61. The van der Waals surface area contributed by atoms with Gasteiger partial charge in [-0.1, -0.05) is 35.9 Å². The second-order valence-corrected chi connectivity index (χ2v) is 3.17. The predicted molar refractivity (Wildman–Crippen MR) is 53.7 cm³/mol. The number of hydrogen-bond donors (Lipinski definition) is 1. The number of hydrogen-bond acceptors (Lipinski definition) is 2. The fourth-order valence-corrected chi connectivity index (χ4v) is 1.54. The van der Waals surface area contributed by atoms with E-state index in [0.717, 1.165) is 0 Å². The topological polar surface area (TPSA) is 50.2 Å². The highest BCUT2D eigenvalue weighted by atomic mass is 35.5. The Kier molecular flexibility index (Phi) is 2.09. The molecular formula is C10H6ClNO2. The zero-order chi connectivity index (χ0) is 10.1. The lowest BCUT2D eigenvalue weighted by Gasteiger charge is -2.02. The minimum absolute atomic E-state index is 0.171. The van der Waals surface area contributed by atoms with E-state index in [4.69, 9.17) is 16.7 Å². The first-order chi connectivity index (χ1) is 6.70. The van der Waals surface area contributed by atoms with Gasteiger partial charge in [0.15, 0.2) is 0 Å². The lowest BCUT2D eigenvalue weighted by atomic mass is 10.1. The molecule has 0 aliphatic rings. The van der Waals surface area contributed by atoms with Crippen LogP contribution in [0.15, 0.2) is 30.5 Å². The number of nitrogens with zero attached hydrogens (tertiary/aromatic N) is 1. The molecule has 2 aromatic rings. The number of fused-ring (bicyclic) bond motifs is 1. The second kappa shape index (κ2) is 3.27. The number of rotatable bonds is 1. The number of aromatic nitrogens is 1. The van der Waals surface area contributed by atoms with Gasteiger partial charge < -0.3 is 5.11 Å². The van der Waals surface area contributed by atoms with Crippen molar-refractivity contribution in [1.29, 1.82) is 0 Å². The molecule has 1 N–H and O–H groups in total. The molecule has 1 aromatic carbocycles. The normalized spacial score (nSPS) is 10.4. The molecule has 0 aliphatic heterocycles. The Morgan fingerprint density at radius 2 is 1.93 bits per heavy atom. The van der Waals surface area contributed by atoms with E-state index in [9.17, 15) is 4.79 Å². The van der Waals surface area contributed by atoms with Crippen molar-refractivity contribution in [2.24, 2.45) is 0 Å². The third-order valence-electron chi connectivity index (χ3n) is 1.98. The Morgan fingerprint density at radius 3 is 2.57 bits per heavy atom. The molecule has 0 radical (unpaired) electrons. The molecule has 70 valence electrons. The van der Waals surface area contributed by atoms with Crippen molar-refractivity contribution in [3.8, 4) is 0 Å². The van der Waals surface area contributed by atoms with Crippen LogP contribution in [0.3, 0.4) is 0 Å². The maximum absolute atomic E-state index is 10.8. The van der Waals surface area contributed by atoms with Crippen LogP contribution in [0.1, 0.15) is 10.4 Å². The average molecular weight is 208 g/mol. The van der Waals surface area contributed by atoms with E-state index in [1.165, 1.54) is 6.20 Å². The molecule has 0 spiro atoms. The van der Waals surface area contributed by atoms with Crippen LogP contribution in [-0.2, 0) is 0 Å². The zero-order valence-corrected chi connectivity index (χ0v) is 7.82. The smallest absolute Gasteiger partial charge is 0.337 e. The Balaban J connectivity index is 2.88. The van der Waals surface area contributed by atoms with E-state index in [0.29, 0.717) is 15.9 Å². The van der Waals surface area contributed by atoms with Gasteiger partial charge in [0.05, 0.1) is 5.56 Å². The summed E-state index contributed by atoms with van der Waals surface area (Å²) in [5.41, 5.74) is 0.171. The number of benzene rings is 1. The Morgan fingerprint density at radius 1 is 1.29 bits per heavy atom. The highest BCUT2D eigenvalue weighted by Gasteiger charge is 2.10. The molecule has 1 aromatic heterocycles. The van der Waals surface area contributed by atoms with Crippen LogP contribution >= 0.6 is 11.6 Å². The van der Waals surface area contributed by atoms with Gasteiger partial charge in [-0.2, -0.15) is 0 Å². The van der Waals surface area contributed by atoms with Crippen LogP contribution in [-0.4, -0.2) is 16.1 Å². The summed E-state index contributed by atoms with van der Waals surface area (Å²) >= 11 is 5.83. The van der Waals surface area contributed by atoms with E-state index in [1.54, 1.807) is 24.3 Å². The van der Waals surface area contributed by atoms with Gasteiger partial charge in [0.25, 0.3) is 0 Å². The van der Waals surface area contributed by atoms with Crippen LogP contribution in [0.5, 0.6) is 0 Å². The maximum atomic E-state index is 10.8. The van der Waals surface area contributed by atoms with Crippen molar-refractivity contribution in [1.82, 2.24) is 4.98 Å². The number of carboxylic acids is 1. The molecule has 14 heavy (non-hydrogen) atoms. The van der Waals surface area contributed by atoms with Crippen molar-refractivity contribution in [2.45, 2.75) is 0 Å². The van der Waals surface area contributed by atoms with Crippen molar-refractivity contribution in [2.75, 3.05) is 0 Å². The molecule has 0 atom stereocenters. The SMILES string of the molecule is O=C(O)c1cnc(Cl)c2ccccc12. The third kappa shape index (κ3) is 1.32. The lowest BCUT2D eigenvalue weighted by molar-refractivity contribution is 0.0698. The fourth-order valence-electron chi connectivity index (χ4n) is 1.33. The van der Waals surface area contributed by atoms with Gasteiger partial charge >= 0.3 is 5.97 Å². The van der Waals surface area contributed by atoms with Crippen LogP contribution in [0, 0.1) is 0 Å². The van der Waals surface area contributed by atoms with Crippen LogP contribution in [0.25, 0.3) is 10.8 Å². The fraction of sp³-hybridized carbons (Fsp3) is 0. The summed E-state index contributed by atoms with van der Waals surface area (Å²) in [4.78, 5) is 14.7. The molecule has 0 amide bonds. The van der Waals surface area contributed by atoms with E-state index in [2.05, 4.69) is 4.98 Å². The molecule has 3 nitrogen and oxygen atoms in total. The van der Waals surface area contributed by atoms with Crippen molar-refractivity contribution in [3.63, 3.8) is 0 Å². The summed E-state index contributed by atoms with van der Waals surface area (Å²) in [6.45, 7) is 0. The molecule has 0 aliphatic carbocycles. The van der Waals surface area contributed by atoms with Crippen molar-refractivity contribution >= 4 is 28.3 Å². The quantitative estimate of drug-likeness (QED) is 0.732. The minimum atomic E-state index is -0.995. The Labute approximate surface area is 85.0 Å². The maximum Gasteiger partial charge on any atom is 0.337 e. The van der Waals surface area contributed by atoms with Crippen molar-refractivity contribution < 1.29 is 9.90 Å². The van der Waals surface area contributed by atoms with E-state index in [1.807, 2.05) is 0 Å². The average Bonchev–Trinajstić information content (AvgIpc) is 2.18. The second-order valence-electron chi connectivity index (χ2n) is 2.81. The molecule has 0 saturated heterocycles. The number of aromatic carboxylic acids is 1. The number of carbonyl (C=O) groups is 1. The van der Waals surface area contributed by atoms with Gasteiger partial charge in [0, 0.05) is 17.0 Å². The molecule has 0 bridgehead atoms. The number of carboxylic acid groups (broad SMARTS) is 1. The summed E-state index contributed by atoms with van der Waals surface area (Å²) in [6, 6.07) is 7.02. The first kappa shape index (κ1) is 8.97. The third-order valence-corrected chi connectivity index (χ3v) is 2.28. The van der Waals surface area contributed by atoms with Crippen molar-refractivity contribution in [3.05, 3.63) is 41.2 Å². The largest absolute Gasteiger partial charge is 0.478 e. The molecule has 4 heteroatoms. The first-order valence-corrected chi connectivity index (χ1v) is 4.34. The summed E-state index contributed by atoms with van der Waals surface area (Å²) in [7, 11) is 0. The molecule has 0 saturated carbocycles. The Bertz CT molecular complexity index is 510. The minimum Gasteiger partial charge on any atom is -0.478 e. The zero-order valence-electron chi connectivity index (χ0n) is 7.07. The highest BCUT2D eigenvalue weighted by molar-refractivity contribution is 6.34. The summed E-state index contributed by atoms with van der Waals surface area (Å²) in [6.07, 6.45) is 1.27. The van der Waals surface area contributed by atoms with Gasteiger partial charge in [0.2, 0.25) is 0 Å². The lowest BCUT2D eigenvalue weighted by Crippen LogP contribution is -1.98. The van der Waals surface area contributed by atoms with Gasteiger partial charge in [-0.15, -0.1) is 0 Å². The van der Waals surface area contributed by atoms with Crippen LogP contribution in [0.2, 0.25) is 5.15 Å². The number of pyridine rings is 1. The summed E-state index contributed by atoms with van der Waals surface area (Å²) in [5.74, 6) is -0.995. The van der Waals surface area contributed by atoms with E-state index >= 15 is 0 Å². The van der Waals surface area contributed by atoms with Gasteiger partial charge in [0.1, 0.15) is 5.15 Å². The first-order valence-electron chi connectivity index (χ1n) is 3.96. The summed E-state index contributed by atoms with van der Waals surface area (Å²) in [5, 5.41) is 10.5. The van der Waals surface area contributed by atoms with Crippen LogP contribution in [0.4, 0.5) is 0 Å². The highest BCUT2D eigenvalue weighted by Crippen LogP contribution is 2.23. The molecule has 1 heterocycles. The molecular weight excluding hydrogens is 202 g/mol. The van der Waals surface area contributed by atoms with E-state index < -0.39 is 5.97 Å². The predicted octanol–water partition coefficient (Wildman–Crippen LogP) is 2.59. The van der Waals surface area contributed by atoms with E-state index in [-0.39, 0.29) is 5.56 Å². The van der Waals surface area contributed by atoms with Gasteiger partial charge in [-0.25, -0.2) is 9.78 Å². The van der Waals surface area contributed by atoms with Gasteiger partial charge in [-0.3, -0.25) is 0 Å². The van der Waals surface area contributed by atoms with Crippen LogP contribution < -0.4 is 0 Å². The monoisotopic (exact) mass is 207 g/mol. The standard InChI is InChI=1S/C10H6ClNO2/c11-9-7-4-2-1-3-6(7)8(5-12-9)10(13)14/h1-5H,(H,13,14). The molecule has 0 unspecified atom stereocenters. The molecule has 0 fully saturated rings. The number of halogens is 1.